The molecule has 0 aromatic carbocycles. The Bertz CT molecular complexity index is 910. The minimum Gasteiger partial charge on any atom is -0.280 e. The molecule has 2 heterocycles. The van der Waals surface area contributed by atoms with Gasteiger partial charge in [0, 0.05) is 20.0 Å². The first-order valence-corrected chi connectivity index (χ1v) is 10.5. The highest BCUT2D eigenvalue weighted by atomic mass is 32.2. The highest BCUT2D eigenvalue weighted by Crippen LogP contribution is 2.33. The fraction of sp³-hybridized carbons (Fsp3) is 0.684. The standard InChI is InChI=1S/C19H28N4O2S/c1-12(2)10-11-26-17-14-16(22(3)19(25)23(4)18(14)24)20-15(21-17)13-8-6-5-7-9-13/h12-13H,5-11H2,1-4H3. The third kappa shape index (κ3) is 3.72. The molecule has 26 heavy (non-hydrogen) atoms. The van der Waals surface area contributed by atoms with Gasteiger partial charge in [0.15, 0.2) is 5.65 Å². The van der Waals surface area contributed by atoms with Crippen molar-refractivity contribution in [3.8, 4) is 0 Å². The number of hydrogen-bond donors (Lipinski definition) is 0. The summed E-state index contributed by atoms with van der Waals surface area (Å²) in [5.74, 6) is 2.63. The molecule has 1 aliphatic carbocycles. The molecule has 142 valence electrons. The van der Waals surface area contributed by atoms with Gasteiger partial charge in [0.1, 0.15) is 16.2 Å². The fourth-order valence-corrected chi connectivity index (χ4v) is 4.75. The quantitative estimate of drug-likeness (QED) is 0.592. The number of aryl methyl sites for hydroxylation is 1. The van der Waals surface area contributed by atoms with Crippen LogP contribution in [0.4, 0.5) is 0 Å². The van der Waals surface area contributed by atoms with Gasteiger partial charge in [-0.25, -0.2) is 14.8 Å². The minimum absolute atomic E-state index is 0.301. The van der Waals surface area contributed by atoms with Crippen LogP contribution in [0.25, 0.3) is 11.0 Å². The van der Waals surface area contributed by atoms with Crippen LogP contribution in [0.15, 0.2) is 14.6 Å². The van der Waals surface area contributed by atoms with Crippen LogP contribution in [0, 0.1) is 5.92 Å². The van der Waals surface area contributed by atoms with Gasteiger partial charge < -0.3 is 0 Å². The van der Waals surface area contributed by atoms with E-state index in [1.54, 1.807) is 18.8 Å². The van der Waals surface area contributed by atoms with Crippen LogP contribution in [-0.2, 0) is 14.1 Å². The molecule has 0 N–H and O–H groups in total. The molecule has 1 saturated carbocycles. The molecule has 0 atom stereocenters. The van der Waals surface area contributed by atoms with Crippen LogP contribution in [0.5, 0.6) is 0 Å². The van der Waals surface area contributed by atoms with Crippen molar-refractivity contribution in [3.05, 3.63) is 26.7 Å². The van der Waals surface area contributed by atoms with Crippen LogP contribution in [0.1, 0.15) is 64.1 Å². The van der Waals surface area contributed by atoms with Gasteiger partial charge in [-0.2, -0.15) is 0 Å². The summed E-state index contributed by atoms with van der Waals surface area (Å²) >= 11 is 1.61. The van der Waals surface area contributed by atoms with Crippen molar-refractivity contribution in [2.24, 2.45) is 20.0 Å². The lowest BCUT2D eigenvalue weighted by Gasteiger charge is -2.21. The molecule has 0 amide bonds. The Morgan fingerprint density at radius 2 is 1.77 bits per heavy atom. The van der Waals surface area contributed by atoms with Crippen molar-refractivity contribution in [2.45, 2.75) is 63.3 Å². The molecule has 0 radical (unpaired) electrons. The molecule has 0 aliphatic heterocycles. The van der Waals surface area contributed by atoms with E-state index in [0.29, 0.717) is 22.9 Å². The predicted octanol–water partition coefficient (Wildman–Crippen LogP) is 3.21. The second kappa shape index (κ2) is 7.94. The molecule has 1 fully saturated rings. The largest absolute Gasteiger partial charge is 0.332 e. The van der Waals surface area contributed by atoms with Crippen LogP contribution in [0.3, 0.4) is 0 Å². The highest BCUT2D eigenvalue weighted by molar-refractivity contribution is 7.99. The van der Waals surface area contributed by atoms with Crippen molar-refractivity contribution in [1.82, 2.24) is 19.1 Å². The third-order valence-corrected chi connectivity index (χ3v) is 6.20. The summed E-state index contributed by atoms with van der Waals surface area (Å²) in [4.78, 5) is 34.6. The topological polar surface area (TPSA) is 69.8 Å². The summed E-state index contributed by atoms with van der Waals surface area (Å²) in [7, 11) is 3.20. The molecule has 7 heteroatoms. The number of fused-ring (bicyclic) bond motifs is 1. The van der Waals surface area contributed by atoms with Crippen molar-refractivity contribution >= 4 is 22.8 Å². The van der Waals surface area contributed by atoms with E-state index in [0.717, 1.165) is 40.4 Å². The van der Waals surface area contributed by atoms with Gasteiger partial charge >= 0.3 is 5.69 Å². The zero-order chi connectivity index (χ0) is 18.8. The molecule has 0 spiro atoms. The van der Waals surface area contributed by atoms with Crippen LogP contribution in [-0.4, -0.2) is 24.9 Å². The second-order valence-electron chi connectivity index (χ2n) is 7.66. The molecular formula is C19H28N4O2S. The smallest absolute Gasteiger partial charge is 0.280 e. The van der Waals surface area contributed by atoms with Gasteiger partial charge in [0.2, 0.25) is 0 Å². The fourth-order valence-electron chi connectivity index (χ4n) is 3.48. The molecule has 0 unspecified atom stereocenters. The maximum absolute atomic E-state index is 12.8. The van der Waals surface area contributed by atoms with Crippen molar-refractivity contribution in [3.63, 3.8) is 0 Å². The van der Waals surface area contributed by atoms with Crippen molar-refractivity contribution in [2.75, 3.05) is 5.75 Å². The summed E-state index contributed by atoms with van der Waals surface area (Å²) < 4.78 is 2.63. The zero-order valence-corrected chi connectivity index (χ0v) is 16.9. The van der Waals surface area contributed by atoms with Gasteiger partial charge in [-0.05, 0) is 30.9 Å². The van der Waals surface area contributed by atoms with E-state index in [1.165, 1.54) is 30.9 Å². The van der Waals surface area contributed by atoms with Gasteiger partial charge in [-0.1, -0.05) is 33.1 Å². The first-order chi connectivity index (χ1) is 12.4. The maximum Gasteiger partial charge on any atom is 0.332 e. The molecule has 2 aromatic rings. The lowest BCUT2D eigenvalue weighted by Crippen LogP contribution is -2.38. The normalized spacial score (nSPS) is 15.9. The Morgan fingerprint density at radius 3 is 2.42 bits per heavy atom. The molecular weight excluding hydrogens is 348 g/mol. The maximum atomic E-state index is 12.8. The highest BCUT2D eigenvalue weighted by Gasteiger charge is 2.23. The van der Waals surface area contributed by atoms with E-state index in [1.807, 2.05) is 0 Å². The molecule has 0 saturated heterocycles. The summed E-state index contributed by atoms with van der Waals surface area (Å²) in [5, 5.41) is 1.20. The van der Waals surface area contributed by atoms with E-state index in [9.17, 15) is 9.59 Å². The van der Waals surface area contributed by atoms with Gasteiger partial charge in [-0.3, -0.25) is 13.9 Å². The molecule has 0 bridgehead atoms. The second-order valence-corrected chi connectivity index (χ2v) is 8.74. The molecule has 2 aromatic heterocycles. The van der Waals surface area contributed by atoms with E-state index >= 15 is 0 Å². The number of thioether (sulfide) groups is 1. The lowest BCUT2D eigenvalue weighted by atomic mass is 9.89. The van der Waals surface area contributed by atoms with Crippen LogP contribution < -0.4 is 11.2 Å². The van der Waals surface area contributed by atoms with E-state index in [2.05, 4.69) is 13.8 Å². The first-order valence-electron chi connectivity index (χ1n) is 9.50. The molecule has 1 aliphatic rings. The average molecular weight is 377 g/mol. The summed E-state index contributed by atoms with van der Waals surface area (Å²) in [6.07, 6.45) is 6.87. The SMILES string of the molecule is CC(C)CCSc1nc(C2CCCCC2)nc2c1c(=O)n(C)c(=O)n2C. The van der Waals surface area contributed by atoms with Crippen LogP contribution in [0.2, 0.25) is 0 Å². The molecule has 3 rings (SSSR count). The lowest BCUT2D eigenvalue weighted by molar-refractivity contribution is 0.427. The monoisotopic (exact) mass is 376 g/mol. The Kier molecular flexibility index (Phi) is 5.85. The van der Waals surface area contributed by atoms with E-state index in [-0.39, 0.29) is 11.2 Å². The van der Waals surface area contributed by atoms with E-state index in [4.69, 9.17) is 9.97 Å². The van der Waals surface area contributed by atoms with Gasteiger partial charge in [0.25, 0.3) is 5.56 Å². The Balaban J connectivity index is 2.16. The van der Waals surface area contributed by atoms with Crippen LogP contribution >= 0.6 is 11.8 Å². The third-order valence-electron chi connectivity index (χ3n) is 5.19. The minimum atomic E-state index is -0.339. The predicted molar refractivity (Wildman–Crippen MR) is 106 cm³/mol. The van der Waals surface area contributed by atoms with Gasteiger partial charge in [0.05, 0.1) is 0 Å². The number of rotatable bonds is 5. The van der Waals surface area contributed by atoms with Crippen molar-refractivity contribution < 1.29 is 0 Å². The molecule has 6 nitrogen and oxygen atoms in total. The average Bonchev–Trinajstić information content (AvgIpc) is 2.64. The Morgan fingerprint density at radius 1 is 1.08 bits per heavy atom. The number of hydrogen-bond acceptors (Lipinski definition) is 5. The van der Waals surface area contributed by atoms with Crippen molar-refractivity contribution in [1.29, 1.82) is 0 Å². The van der Waals surface area contributed by atoms with E-state index < -0.39 is 0 Å². The number of nitrogens with zero attached hydrogens (tertiary/aromatic N) is 4. The van der Waals surface area contributed by atoms with Gasteiger partial charge in [-0.15, -0.1) is 11.8 Å². The first kappa shape index (κ1) is 19.1. The summed E-state index contributed by atoms with van der Waals surface area (Å²) in [6.45, 7) is 4.38. The summed E-state index contributed by atoms with van der Waals surface area (Å²) in [5.41, 5.74) is -0.167. The Labute approximate surface area is 158 Å². The summed E-state index contributed by atoms with van der Waals surface area (Å²) in [6, 6.07) is 0. The Hall–Kier alpha value is -1.63. The zero-order valence-electron chi connectivity index (χ0n) is 16.1. The number of aromatic nitrogens is 4.